The Morgan fingerprint density at radius 1 is 1.06 bits per heavy atom. The molecule has 2 N–H and O–H groups in total. The fourth-order valence-corrected chi connectivity index (χ4v) is 5.33. The van der Waals surface area contributed by atoms with E-state index >= 15 is 0 Å². The molecule has 0 bridgehead atoms. The summed E-state index contributed by atoms with van der Waals surface area (Å²) in [5, 5.41) is 14.6. The van der Waals surface area contributed by atoms with E-state index in [0.29, 0.717) is 12.5 Å². The molecule has 2 aliphatic carbocycles. The first kappa shape index (κ1) is 24.4. The SMILES string of the molecule is CC(=O)N[C@H]1CC[C@H](NC(=O)CN2CCN(c3nncc(C4=CCC5=CCCOC5=C4)n3)CC2)CC1. The van der Waals surface area contributed by atoms with Crippen molar-refractivity contribution in [2.45, 2.75) is 57.5 Å². The first-order valence-electron chi connectivity index (χ1n) is 13.0. The van der Waals surface area contributed by atoms with Crippen LogP contribution in [0.15, 0.2) is 35.8 Å². The molecule has 0 aromatic carbocycles. The highest BCUT2D eigenvalue weighted by Gasteiger charge is 2.26. The normalized spacial score (nSPS) is 24.5. The number of nitrogens with zero attached hydrogens (tertiary/aromatic N) is 5. The minimum atomic E-state index is 0.0167. The van der Waals surface area contributed by atoms with Gasteiger partial charge in [-0.2, -0.15) is 5.10 Å². The second-order valence-electron chi connectivity index (χ2n) is 9.96. The van der Waals surface area contributed by atoms with Gasteiger partial charge >= 0.3 is 0 Å². The number of carbonyl (C=O) groups is 2. The van der Waals surface area contributed by atoms with E-state index in [1.54, 1.807) is 13.1 Å². The molecule has 1 saturated carbocycles. The molecular weight excluding hydrogens is 458 g/mol. The van der Waals surface area contributed by atoms with Crippen molar-refractivity contribution >= 4 is 23.3 Å². The van der Waals surface area contributed by atoms with Crippen LogP contribution in [0.4, 0.5) is 5.95 Å². The molecular formula is C26H35N7O3. The monoisotopic (exact) mass is 493 g/mol. The van der Waals surface area contributed by atoms with Gasteiger partial charge in [-0.15, -0.1) is 5.10 Å². The minimum absolute atomic E-state index is 0.0167. The van der Waals surface area contributed by atoms with E-state index in [0.717, 1.165) is 88.3 Å². The number of hydrogen-bond donors (Lipinski definition) is 2. The van der Waals surface area contributed by atoms with Crippen LogP contribution in [0.5, 0.6) is 0 Å². The van der Waals surface area contributed by atoms with E-state index in [1.165, 1.54) is 5.57 Å². The van der Waals surface area contributed by atoms with Crippen LogP contribution < -0.4 is 15.5 Å². The molecule has 0 spiro atoms. The number of allylic oxidation sites excluding steroid dienone is 4. The van der Waals surface area contributed by atoms with E-state index in [9.17, 15) is 9.59 Å². The summed E-state index contributed by atoms with van der Waals surface area (Å²) in [7, 11) is 0. The van der Waals surface area contributed by atoms with Crippen molar-refractivity contribution in [3.8, 4) is 0 Å². The van der Waals surface area contributed by atoms with Crippen molar-refractivity contribution in [1.29, 1.82) is 0 Å². The fraction of sp³-hybridized carbons (Fsp3) is 0.577. The molecule has 10 nitrogen and oxygen atoms in total. The predicted molar refractivity (Wildman–Crippen MR) is 136 cm³/mol. The van der Waals surface area contributed by atoms with Crippen LogP contribution >= 0.6 is 0 Å². The number of aromatic nitrogens is 3. The van der Waals surface area contributed by atoms with Crippen LogP contribution in [0, 0.1) is 0 Å². The molecule has 2 amide bonds. The van der Waals surface area contributed by atoms with Gasteiger partial charge in [-0.25, -0.2) is 4.98 Å². The molecule has 1 aromatic heterocycles. The first-order valence-corrected chi connectivity index (χ1v) is 13.0. The topological polar surface area (TPSA) is 113 Å². The zero-order chi connectivity index (χ0) is 24.9. The second-order valence-corrected chi connectivity index (χ2v) is 9.96. The summed E-state index contributed by atoms with van der Waals surface area (Å²) in [6.07, 6.45) is 13.6. The molecule has 1 aromatic rings. The van der Waals surface area contributed by atoms with Crippen LogP contribution in [0.25, 0.3) is 5.57 Å². The van der Waals surface area contributed by atoms with Gasteiger partial charge in [0.1, 0.15) is 5.76 Å². The Labute approximate surface area is 211 Å². The quantitative estimate of drug-likeness (QED) is 0.614. The van der Waals surface area contributed by atoms with E-state index in [-0.39, 0.29) is 23.9 Å². The molecule has 4 aliphatic rings. The molecule has 0 unspecified atom stereocenters. The highest BCUT2D eigenvalue weighted by Crippen LogP contribution is 2.31. The molecule has 36 heavy (non-hydrogen) atoms. The number of ether oxygens (including phenoxy) is 1. The van der Waals surface area contributed by atoms with E-state index in [1.807, 2.05) is 6.08 Å². The average Bonchev–Trinajstić information content (AvgIpc) is 2.90. The lowest BCUT2D eigenvalue weighted by Crippen LogP contribution is -2.51. The van der Waals surface area contributed by atoms with Crippen LogP contribution in [0.3, 0.4) is 0 Å². The molecule has 192 valence electrons. The van der Waals surface area contributed by atoms with Crippen molar-refractivity contribution in [1.82, 2.24) is 30.7 Å². The third kappa shape index (κ3) is 6.10. The Kier molecular flexibility index (Phi) is 7.60. The van der Waals surface area contributed by atoms with Gasteiger partial charge < -0.3 is 20.3 Å². The number of carbonyl (C=O) groups excluding carboxylic acids is 2. The summed E-state index contributed by atoms with van der Waals surface area (Å²) < 4.78 is 5.81. The summed E-state index contributed by atoms with van der Waals surface area (Å²) >= 11 is 0. The van der Waals surface area contributed by atoms with E-state index in [4.69, 9.17) is 9.72 Å². The van der Waals surface area contributed by atoms with E-state index in [2.05, 4.69) is 42.8 Å². The van der Waals surface area contributed by atoms with Gasteiger partial charge in [0.15, 0.2) is 0 Å². The zero-order valence-electron chi connectivity index (χ0n) is 20.9. The van der Waals surface area contributed by atoms with Crippen LogP contribution in [0.1, 0.15) is 51.1 Å². The number of anilines is 1. The lowest BCUT2D eigenvalue weighted by Gasteiger charge is -2.35. The fourth-order valence-electron chi connectivity index (χ4n) is 5.33. The van der Waals surface area contributed by atoms with Gasteiger partial charge in [0, 0.05) is 57.2 Å². The van der Waals surface area contributed by atoms with Crippen LogP contribution in [0.2, 0.25) is 0 Å². The number of piperazine rings is 1. The first-order chi connectivity index (χ1) is 17.5. The van der Waals surface area contributed by atoms with Crippen LogP contribution in [-0.2, 0) is 14.3 Å². The number of amides is 2. The molecule has 3 heterocycles. The number of rotatable bonds is 6. The maximum atomic E-state index is 12.6. The molecule has 1 saturated heterocycles. The number of hydrogen-bond acceptors (Lipinski definition) is 8. The van der Waals surface area contributed by atoms with Gasteiger partial charge in [-0.1, -0.05) is 12.2 Å². The Hall–Kier alpha value is -3.27. The van der Waals surface area contributed by atoms with Gasteiger partial charge in [0.25, 0.3) is 0 Å². The summed E-state index contributed by atoms with van der Waals surface area (Å²) in [6, 6.07) is 0.431. The standard InChI is InChI=1S/C26H35N7O3/c1-18(34)28-21-6-8-22(9-7-21)29-25(35)17-32-10-12-33(13-11-32)26-30-23(16-27-31-26)20-5-4-19-3-2-14-36-24(19)15-20/h3,5,15-16,21-22H,2,4,6-14,17H2,1H3,(H,28,34)(H,29,35)/t21-,22-. The molecule has 0 atom stereocenters. The highest BCUT2D eigenvalue weighted by molar-refractivity contribution is 5.78. The van der Waals surface area contributed by atoms with Crippen LogP contribution in [-0.4, -0.2) is 83.3 Å². The molecule has 2 fully saturated rings. The Morgan fingerprint density at radius 2 is 1.81 bits per heavy atom. The summed E-state index contributed by atoms with van der Waals surface area (Å²) in [6.45, 7) is 5.70. The molecule has 10 heteroatoms. The zero-order valence-corrected chi connectivity index (χ0v) is 20.9. The maximum Gasteiger partial charge on any atom is 0.245 e. The number of fused-ring (bicyclic) bond motifs is 1. The van der Waals surface area contributed by atoms with Crippen molar-refractivity contribution in [2.75, 3.05) is 44.2 Å². The largest absolute Gasteiger partial charge is 0.493 e. The lowest BCUT2D eigenvalue weighted by molar-refractivity contribution is -0.123. The van der Waals surface area contributed by atoms with Gasteiger partial charge in [0.05, 0.1) is 25.0 Å². The third-order valence-corrected chi connectivity index (χ3v) is 7.28. The number of nitrogens with one attached hydrogen (secondary N) is 2. The van der Waals surface area contributed by atoms with E-state index < -0.39 is 0 Å². The third-order valence-electron chi connectivity index (χ3n) is 7.28. The Morgan fingerprint density at radius 3 is 2.56 bits per heavy atom. The molecule has 2 aliphatic heterocycles. The smallest absolute Gasteiger partial charge is 0.245 e. The molecule has 5 rings (SSSR count). The van der Waals surface area contributed by atoms with Crippen molar-refractivity contribution in [3.05, 3.63) is 41.5 Å². The van der Waals surface area contributed by atoms with Gasteiger partial charge in [-0.05, 0) is 43.8 Å². The van der Waals surface area contributed by atoms with Gasteiger partial charge in [0.2, 0.25) is 17.8 Å². The Balaban J connectivity index is 1.09. The van der Waals surface area contributed by atoms with Crippen molar-refractivity contribution in [3.63, 3.8) is 0 Å². The molecule has 0 radical (unpaired) electrons. The summed E-state index contributed by atoms with van der Waals surface area (Å²) in [4.78, 5) is 32.9. The Bertz CT molecular complexity index is 1070. The average molecular weight is 494 g/mol. The maximum absolute atomic E-state index is 12.6. The van der Waals surface area contributed by atoms with Gasteiger partial charge in [-0.3, -0.25) is 14.5 Å². The van der Waals surface area contributed by atoms with Crippen molar-refractivity contribution in [2.24, 2.45) is 0 Å². The second kappa shape index (κ2) is 11.2. The summed E-state index contributed by atoms with van der Waals surface area (Å²) in [5.74, 6) is 1.65. The highest BCUT2D eigenvalue weighted by atomic mass is 16.5. The predicted octanol–water partition coefficient (Wildman–Crippen LogP) is 1.57. The minimum Gasteiger partial charge on any atom is -0.493 e. The van der Waals surface area contributed by atoms with Crippen molar-refractivity contribution < 1.29 is 14.3 Å². The summed E-state index contributed by atoms with van der Waals surface area (Å²) in [5.41, 5.74) is 3.06. The lowest BCUT2D eigenvalue weighted by atomic mass is 9.91.